The van der Waals surface area contributed by atoms with Crippen molar-refractivity contribution < 1.29 is 9.47 Å². The first-order valence-electron chi connectivity index (χ1n) is 15.0. The van der Waals surface area contributed by atoms with Crippen LogP contribution in [0.25, 0.3) is 0 Å². The van der Waals surface area contributed by atoms with Crippen molar-refractivity contribution in [1.82, 2.24) is 9.80 Å². The van der Waals surface area contributed by atoms with Crippen LogP contribution < -0.4 is 0 Å². The first-order valence-corrected chi connectivity index (χ1v) is 15.0. The maximum absolute atomic E-state index is 6.43. The Balaban J connectivity index is 0.996. The molecule has 0 aromatic rings. The first-order chi connectivity index (χ1) is 16.3. The number of hydrogen-bond acceptors (Lipinski definition) is 4. The third kappa shape index (κ3) is 5.49. The zero-order valence-electron chi connectivity index (χ0n) is 21.2. The lowest BCUT2D eigenvalue weighted by atomic mass is 9.70. The van der Waals surface area contributed by atoms with Crippen molar-refractivity contribution in [1.29, 1.82) is 0 Å². The highest BCUT2D eigenvalue weighted by Crippen LogP contribution is 2.43. The topological polar surface area (TPSA) is 24.9 Å². The molecule has 33 heavy (non-hydrogen) atoms. The van der Waals surface area contributed by atoms with E-state index in [1.54, 1.807) is 0 Å². The van der Waals surface area contributed by atoms with Crippen LogP contribution >= 0.6 is 0 Å². The lowest BCUT2D eigenvalue weighted by molar-refractivity contribution is -0.146. The molecule has 6 atom stereocenters. The van der Waals surface area contributed by atoms with Crippen LogP contribution in [0.15, 0.2) is 0 Å². The molecule has 6 fully saturated rings. The Morgan fingerprint density at radius 3 is 1.42 bits per heavy atom. The van der Waals surface area contributed by atoms with Gasteiger partial charge in [-0.15, -0.1) is 0 Å². The average molecular weight is 459 g/mol. The van der Waals surface area contributed by atoms with Gasteiger partial charge in [-0.05, 0) is 94.3 Å². The lowest BCUT2D eigenvalue weighted by Crippen LogP contribution is -2.52. The SMILES string of the molecule is C1CCC(N2COC3CCC(CC4CCC5OCN(C6CCCCC6)CC5C4)CC3C2)CC1. The minimum absolute atomic E-state index is 0.563. The van der Waals surface area contributed by atoms with Gasteiger partial charge < -0.3 is 9.47 Å². The van der Waals surface area contributed by atoms with Crippen LogP contribution in [0.2, 0.25) is 0 Å². The van der Waals surface area contributed by atoms with E-state index < -0.39 is 0 Å². The number of rotatable bonds is 4. The fourth-order valence-corrected chi connectivity index (χ4v) is 8.88. The molecule has 6 aliphatic rings. The fraction of sp³-hybridized carbons (Fsp3) is 1.00. The van der Waals surface area contributed by atoms with Crippen molar-refractivity contribution in [2.75, 3.05) is 26.6 Å². The second-order valence-corrected chi connectivity index (χ2v) is 12.9. The Labute approximate surface area is 203 Å². The second kappa shape index (κ2) is 10.8. The molecule has 2 saturated heterocycles. The highest BCUT2D eigenvalue weighted by Gasteiger charge is 2.41. The van der Waals surface area contributed by atoms with Crippen molar-refractivity contribution in [3.05, 3.63) is 0 Å². The predicted octanol–water partition coefficient (Wildman–Crippen LogP) is 6.19. The summed E-state index contributed by atoms with van der Waals surface area (Å²) >= 11 is 0. The van der Waals surface area contributed by atoms with Crippen LogP contribution in [-0.2, 0) is 9.47 Å². The van der Waals surface area contributed by atoms with E-state index in [1.807, 2.05) is 0 Å². The van der Waals surface area contributed by atoms with Crippen LogP contribution in [0, 0.1) is 23.7 Å². The van der Waals surface area contributed by atoms with E-state index in [1.165, 1.54) is 122 Å². The van der Waals surface area contributed by atoms with Crippen molar-refractivity contribution in [3.8, 4) is 0 Å². The minimum Gasteiger partial charge on any atom is -0.363 e. The summed E-state index contributed by atoms with van der Waals surface area (Å²) in [6, 6.07) is 1.63. The molecule has 4 saturated carbocycles. The Hall–Kier alpha value is -0.160. The van der Waals surface area contributed by atoms with Crippen LogP contribution in [0.5, 0.6) is 0 Å². The third-order valence-corrected chi connectivity index (χ3v) is 10.7. The Morgan fingerprint density at radius 1 is 0.515 bits per heavy atom. The molecule has 6 unspecified atom stereocenters. The van der Waals surface area contributed by atoms with E-state index in [0.717, 1.165) is 49.2 Å². The van der Waals surface area contributed by atoms with E-state index in [0.29, 0.717) is 12.2 Å². The normalized spacial score (nSPS) is 42.5. The van der Waals surface area contributed by atoms with Gasteiger partial charge in [0.25, 0.3) is 0 Å². The van der Waals surface area contributed by atoms with Gasteiger partial charge >= 0.3 is 0 Å². The van der Waals surface area contributed by atoms with Gasteiger partial charge in [0.15, 0.2) is 0 Å². The summed E-state index contributed by atoms with van der Waals surface area (Å²) in [5, 5.41) is 0. The Kier molecular flexibility index (Phi) is 7.64. The maximum Gasteiger partial charge on any atom is 0.0996 e. The molecule has 0 aromatic heterocycles. The molecule has 6 rings (SSSR count). The standard InChI is InChI=1S/C29H50N2O2/c1-3-7-26(8-4-1)30-18-24-16-22(11-13-28(24)32-20-30)15-23-12-14-29-25(17-23)19-31(21-33-29)27-9-5-2-6-10-27/h22-29H,1-21H2. The summed E-state index contributed by atoms with van der Waals surface area (Å²) in [6.07, 6.45) is 25.2. The average Bonchev–Trinajstić information content (AvgIpc) is 2.89. The van der Waals surface area contributed by atoms with E-state index >= 15 is 0 Å². The fourth-order valence-electron chi connectivity index (χ4n) is 8.88. The summed E-state index contributed by atoms with van der Waals surface area (Å²) in [6.45, 7) is 4.48. The second-order valence-electron chi connectivity index (χ2n) is 12.9. The largest absolute Gasteiger partial charge is 0.363 e. The highest BCUT2D eigenvalue weighted by atomic mass is 16.5. The monoisotopic (exact) mass is 458 g/mol. The summed E-state index contributed by atoms with van der Waals surface area (Å²) in [5.41, 5.74) is 0. The molecule has 4 aliphatic carbocycles. The lowest BCUT2D eigenvalue weighted by Gasteiger charge is -2.48. The summed E-state index contributed by atoms with van der Waals surface area (Å²) < 4.78 is 12.9. The van der Waals surface area contributed by atoms with Gasteiger partial charge in [0, 0.05) is 25.2 Å². The summed E-state index contributed by atoms with van der Waals surface area (Å²) in [4.78, 5) is 5.46. The van der Waals surface area contributed by atoms with Crippen LogP contribution in [0.1, 0.15) is 109 Å². The molecule has 0 spiro atoms. The van der Waals surface area contributed by atoms with Crippen molar-refractivity contribution >= 4 is 0 Å². The van der Waals surface area contributed by atoms with Crippen molar-refractivity contribution in [2.45, 2.75) is 133 Å². The molecular formula is C29H50N2O2. The minimum atomic E-state index is 0.563. The van der Waals surface area contributed by atoms with Crippen molar-refractivity contribution in [3.63, 3.8) is 0 Å². The van der Waals surface area contributed by atoms with E-state index in [2.05, 4.69) is 9.80 Å². The smallest absolute Gasteiger partial charge is 0.0996 e. The van der Waals surface area contributed by atoms with Crippen LogP contribution in [0.4, 0.5) is 0 Å². The third-order valence-electron chi connectivity index (χ3n) is 10.7. The predicted molar refractivity (Wildman–Crippen MR) is 133 cm³/mol. The van der Waals surface area contributed by atoms with Gasteiger partial charge in [0.1, 0.15) is 0 Å². The van der Waals surface area contributed by atoms with Crippen LogP contribution in [-0.4, -0.2) is 60.6 Å². The number of hydrogen-bond donors (Lipinski definition) is 0. The van der Waals surface area contributed by atoms with E-state index in [9.17, 15) is 0 Å². The molecule has 0 aromatic carbocycles. The molecule has 0 amide bonds. The van der Waals surface area contributed by atoms with Gasteiger partial charge in [-0.3, -0.25) is 9.80 Å². The number of fused-ring (bicyclic) bond motifs is 2. The zero-order chi connectivity index (χ0) is 22.0. The molecule has 4 nitrogen and oxygen atoms in total. The van der Waals surface area contributed by atoms with Gasteiger partial charge in [-0.25, -0.2) is 0 Å². The molecule has 2 heterocycles. The van der Waals surface area contributed by atoms with Crippen molar-refractivity contribution in [2.24, 2.45) is 23.7 Å². The quantitative estimate of drug-likeness (QED) is 0.501. The molecular weight excluding hydrogens is 408 g/mol. The van der Waals surface area contributed by atoms with Crippen LogP contribution in [0.3, 0.4) is 0 Å². The number of nitrogens with zero attached hydrogens (tertiary/aromatic N) is 2. The molecule has 4 heteroatoms. The zero-order valence-corrected chi connectivity index (χ0v) is 21.2. The summed E-state index contributed by atoms with van der Waals surface area (Å²) in [5.74, 6) is 3.49. The Morgan fingerprint density at radius 2 is 0.970 bits per heavy atom. The van der Waals surface area contributed by atoms with Gasteiger partial charge in [-0.1, -0.05) is 38.5 Å². The van der Waals surface area contributed by atoms with E-state index in [4.69, 9.17) is 9.47 Å². The molecule has 2 aliphatic heterocycles. The number of ether oxygens (including phenoxy) is 2. The molecule has 0 radical (unpaired) electrons. The highest BCUT2D eigenvalue weighted by molar-refractivity contribution is 4.92. The summed E-state index contributed by atoms with van der Waals surface area (Å²) in [7, 11) is 0. The Bertz CT molecular complexity index is 565. The van der Waals surface area contributed by atoms with E-state index in [-0.39, 0.29) is 0 Å². The maximum atomic E-state index is 6.43. The van der Waals surface area contributed by atoms with Gasteiger partial charge in [0.05, 0.1) is 25.7 Å². The van der Waals surface area contributed by atoms with Gasteiger partial charge in [0.2, 0.25) is 0 Å². The van der Waals surface area contributed by atoms with Gasteiger partial charge in [-0.2, -0.15) is 0 Å². The first kappa shape index (κ1) is 23.3. The molecule has 188 valence electrons. The molecule has 0 N–H and O–H groups in total. The molecule has 0 bridgehead atoms.